The lowest BCUT2D eigenvalue weighted by Gasteiger charge is -1.85. The predicted molar refractivity (Wildman–Crippen MR) is 29.4 cm³/mol. The highest BCUT2D eigenvalue weighted by Crippen LogP contribution is 1.89. The zero-order chi connectivity index (χ0) is 9.41. The van der Waals surface area contributed by atoms with Crippen LogP contribution in [0.1, 0.15) is 11.2 Å². The molecule has 0 fully saturated rings. The minimum absolute atomic E-state index is 0.0880. The maximum absolute atomic E-state index is 8.83. The Bertz CT molecular complexity index is 253. The fourth-order valence-electron chi connectivity index (χ4n) is 0.386. The average molecular weight is 116 g/mol. The second kappa shape index (κ2) is 2.47. The molecule has 44 valence electrons. The standard InChI is InChI=1S/C5H8N2O/c8-4-2-5-1-3-6-7-5/h1,3,8H,2,4H2,(H,6,7)/i2D2,4D2. The van der Waals surface area contributed by atoms with Gasteiger partial charge in [-0.25, -0.2) is 0 Å². The Morgan fingerprint density at radius 3 is 3.38 bits per heavy atom. The molecule has 3 nitrogen and oxygen atoms in total. The molecule has 0 aliphatic carbocycles. The van der Waals surface area contributed by atoms with Gasteiger partial charge >= 0.3 is 0 Å². The zero-order valence-corrected chi connectivity index (χ0v) is 4.05. The van der Waals surface area contributed by atoms with Gasteiger partial charge in [0.2, 0.25) is 0 Å². The molecule has 1 heterocycles. The van der Waals surface area contributed by atoms with Crippen molar-refractivity contribution in [1.82, 2.24) is 10.2 Å². The maximum Gasteiger partial charge on any atom is 0.0568 e. The first-order valence-corrected chi connectivity index (χ1v) is 2.08. The predicted octanol–water partition coefficient (Wildman–Crippen LogP) is -0.0555. The van der Waals surface area contributed by atoms with Crippen LogP contribution in [0.15, 0.2) is 12.3 Å². The van der Waals surface area contributed by atoms with E-state index in [0.29, 0.717) is 0 Å². The average Bonchev–Trinajstić information content (AvgIpc) is 2.34. The van der Waals surface area contributed by atoms with Gasteiger partial charge in [0.05, 0.1) is 2.74 Å². The van der Waals surface area contributed by atoms with Crippen LogP contribution in [0.2, 0.25) is 0 Å². The van der Waals surface area contributed by atoms with E-state index in [1.807, 2.05) is 0 Å². The number of aromatic amines is 1. The van der Waals surface area contributed by atoms with Crippen molar-refractivity contribution in [3.05, 3.63) is 18.0 Å². The second-order valence-corrected chi connectivity index (χ2v) is 1.21. The van der Waals surface area contributed by atoms with Gasteiger partial charge < -0.3 is 5.11 Å². The van der Waals surface area contributed by atoms with E-state index in [9.17, 15) is 0 Å². The van der Waals surface area contributed by atoms with Crippen molar-refractivity contribution < 1.29 is 10.6 Å². The number of rotatable bonds is 2. The van der Waals surface area contributed by atoms with E-state index in [2.05, 4.69) is 10.2 Å². The van der Waals surface area contributed by atoms with Crippen LogP contribution in [0.25, 0.3) is 0 Å². The normalized spacial score (nSPS) is 20.6. The summed E-state index contributed by atoms with van der Waals surface area (Å²) in [5.74, 6) is 0. The minimum Gasteiger partial charge on any atom is -0.396 e. The molecule has 0 aliphatic rings. The van der Waals surface area contributed by atoms with Gasteiger partial charge in [-0.05, 0) is 6.07 Å². The summed E-state index contributed by atoms with van der Waals surface area (Å²) in [6, 6.07) is 1.27. The van der Waals surface area contributed by atoms with E-state index in [1.54, 1.807) is 0 Å². The van der Waals surface area contributed by atoms with Crippen LogP contribution in [-0.2, 0) is 6.37 Å². The van der Waals surface area contributed by atoms with E-state index in [1.165, 1.54) is 12.3 Å². The van der Waals surface area contributed by atoms with Crippen LogP contribution in [-0.4, -0.2) is 21.9 Å². The molecule has 0 bridgehead atoms. The van der Waals surface area contributed by atoms with E-state index < -0.39 is 12.9 Å². The van der Waals surface area contributed by atoms with Gasteiger partial charge in [-0.1, -0.05) is 0 Å². The van der Waals surface area contributed by atoms with Crippen molar-refractivity contribution in [2.24, 2.45) is 0 Å². The van der Waals surface area contributed by atoms with Gasteiger partial charge in [0.25, 0.3) is 0 Å². The van der Waals surface area contributed by atoms with Crippen LogP contribution in [0.3, 0.4) is 0 Å². The minimum atomic E-state index is -2.92. The molecular formula is C5H8N2O. The lowest BCUT2D eigenvalue weighted by Crippen LogP contribution is -1.89. The highest BCUT2D eigenvalue weighted by Gasteiger charge is 1.87. The van der Waals surface area contributed by atoms with Crippen molar-refractivity contribution >= 4 is 0 Å². The lowest BCUT2D eigenvalue weighted by molar-refractivity contribution is 0.298. The van der Waals surface area contributed by atoms with Gasteiger partial charge in [-0.3, -0.25) is 5.10 Å². The number of hydrogen-bond donors (Lipinski definition) is 2. The van der Waals surface area contributed by atoms with Crippen molar-refractivity contribution in [3.63, 3.8) is 0 Å². The molecule has 8 heavy (non-hydrogen) atoms. The van der Waals surface area contributed by atoms with Crippen molar-refractivity contribution in [2.45, 2.75) is 6.37 Å². The number of aliphatic hydroxyl groups is 1. The fraction of sp³-hybridized carbons (Fsp3) is 0.400. The molecule has 0 saturated heterocycles. The van der Waals surface area contributed by atoms with Crippen LogP contribution < -0.4 is 0 Å². The Morgan fingerprint density at radius 2 is 2.88 bits per heavy atom. The highest BCUT2D eigenvalue weighted by atomic mass is 16.3. The molecule has 0 atom stereocenters. The summed E-state index contributed by atoms with van der Waals surface area (Å²) < 4.78 is 28.0. The number of nitrogens with one attached hydrogen (secondary N) is 1. The topological polar surface area (TPSA) is 48.9 Å². The number of nitrogens with zero attached hydrogens (tertiary/aromatic N) is 1. The second-order valence-electron chi connectivity index (χ2n) is 1.21. The van der Waals surface area contributed by atoms with Gasteiger partial charge in [0.15, 0.2) is 0 Å². The third-order valence-electron chi connectivity index (χ3n) is 0.691. The summed E-state index contributed by atoms with van der Waals surface area (Å²) in [5, 5.41) is 14.5. The Hall–Kier alpha value is -0.830. The molecule has 2 N–H and O–H groups in total. The summed E-state index contributed by atoms with van der Waals surface area (Å²) >= 11 is 0. The number of H-pyrrole nitrogens is 1. The fourth-order valence-corrected chi connectivity index (χ4v) is 0.386. The van der Waals surface area contributed by atoms with E-state index >= 15 is 0 Å². The number of aromatic nitrogens is 2. The molecule has 0 unspecified atom stereocenters. The first-order valence-electron chi connectivity index (χ1n) is 4.08. The van der Waals surface area contributed by atoms with Crippen LogP contribution in [0, 0.1) is 0 Å². The largest absolute Gasteiger partial charge is 0.396 e. The molecular weight excluding hydrogens is 104 g/mol. The Balaban J connectivity index is 3.02. The Morgan fingerprint density at radius 1 is 2.00 bits per heavy atom. The SMILES string of the molecule is [2H]C([2H])(O)C([2H])([2H])c1ccn[nH]1. The van der Waals surface area contributed by atoms with Crippen LogP contribution in [0.4, 0.5) is 0 Å². The van der Waals surface area contributed by atoms with Gasteiger partial charge in [0.1, 0.15) is 0 Å². The molecule has 3 heteroatoms. The molecule has 1 rings (SSSR count). The summed E-state index contributed by atoms with van der Waals surface area (Å²) in [7, 11) is 0. The van der Waals surface area contributed by atoms with Gasteiger partial charge in [-0.2, -0.15) is 5.10 Å². The Kier molecular flexibility index (Phi) is 0.676. The monoisotopic (exact) mass is 116 g/mol. The molecule has 0 radical (unpaired) electrons. The van der Waals surface area contributed by atoms with Crippen molar-refractivity contribution in [3.8, 4) is 0 Å². The van der Waals surface area contributed by atoms with Crippen molar-refractivity contribution in [1.29, 1.82) is 0 Å². The van der Waals surface area contributed by atoms with Crippen molar-refractivity contribution in [2.75, 3.05) is 6.56 Å². The molecule has 0 aromatic carbocycles. The maximum atomic E-state index is 8.83. The van der Waals surface area contributed by atoms with Crippen LogP contribution >= 0.6 is 0 Å². The van der Waals surface area contributed by atoms with E-state index in [-0.39, 0.29) is 5.69 Å². The molecule has 1 aromatic rings. The molecule has 0 amide bonds. The summed E-state index contributed by atoms with van der Waals surface area (Å²) in [4.78, 5) is 0. The first kappa shape index (κ1) is 2.19. The summed E-state index contributed by atoms with van der Waals surface area (Å²) in [5.41, 5.74) is -0.0880. The quantitative estimate of drug-likeness (QED) is 0.569. The smallest absolute Gasteiger partial charge is 0.0568 e. The summed E-state index contributed by atoms with van der Waals surface area (Å²) in [6.07, 6.45) is -1.18. The Labute approximate surface area is 53.0 Å². The van der Waals surface area contributed by atoms with Crippen LogP contribution in [0.5, 0.6) is 0 Å². The number of hydrogen-bond acceptors (Lipinski definition) is 2. The third kappa shape index (κ3) is 1.07. The zero-order valence-electron chi connectivity index (χ0n) is 8.05. The van der Waals surface area contributed by atoms with Gasteiger partial charge in [-0.15, -0.1) is 0 Å². The van der Waals surface area contributed by atoms with E-state index in [4.69, 9.17) is 10.6 Å². The molecule has 0 saturated carbocycles. The first-order chi connectivity index (χ1) is 5.36. The summed E-state index contributed by atoms with van der Waals surface area (Å²) in [6.45, 7) is -2.92. The lowest BCUT2D eigenvalue weighted by atomic mass is 10.3. The molecule has 1 aromatic heterocycles. The molecule has 0 spiro atoms. The molecule has 0 aliphatic heterocycles. The highest BCUT2D eigenvalue weighted by molar-refractivity contribution is 4.96. The van der Waals surface area contributed by atoms with Gasteiger partial charge in [0, 0.05) is 27.6 Å². The number of aryl methyl sites for hydroxylation is 1. The van der Waals surface area contributed by atoms with E-state index in [0.717, 1.165) is 0 Å². The third-order valence-corrected chi connectivity index (χ3v) is 0.691.